The van der Waals surface area contributed by atoms with Crippen LogP contribution in [0.4, 0.5) is 5.13 Å². The standard InChI is InChI=1S/C13H16N4O2S2/c18-21(19,10-1-2-10)17-7-5-16(6-8-17)13-15-11-9-14-4-3-12(11)20-13/h3-4,9-10H,1-2,5-8H2. The van der Waals surface area contributed by atoms with E-state index in [-0.39, 0.29) is 5.25 Å². The summed E-state index contributed by atoms with van der Waals surface area (Å²) in [5.74, 6) is 0. The second kappa shape index (κ2) is 4.89. The summed E-state index contributed by atoms with van der Waals surface area (Å²) in [5, 5.41) is 0.846. The lowest BCUT2D eigenvalue weighted by molar-refractivity contribution is 0.384. The Bertz CT molecular complexity index is 728. The molecule has 2 fully saturated rings. The number of anilines is 1. The lowest BCUT2D eigenvalue weighted by atomic mass is 10.4. The molecule has 0 bridgehead atoms. The molecule has 8 heteroatoms. The minimum atomic E-state index is -3.04. The summed E-state index contributed by atoms with van der Waals surface area (Å²) in [5.41, 5.74) is 0.908. The van der Waals surface area contributed by atoms with Gasteiger partial charge in [-0.1, -0.05) is 11.3 Å². The van der Waals surface area contributed by atoms with E-state index < -0.39 is 10.0 Å². The van der Waals surface area contributed by atoms with Crippen molar-refractivity contribution in [2.24, 2.45) is 0 Å². The number of sulfonamides is 1. The Morgan fingerprint density at radius 1 is 1.19 bits per heavy atom. The van der Waals surface area contributed by atoms with Crippen LogP contribution in [0.1, 0.15) is 12.8 Å². The molecule has 0 spiro atoms. The van der Waals surface area contributed by atoms with Crippen LogP contribution in [-0.4, -0.2) is 54.1 Å². The van der Waals surface area contributed by atoms with Gasteiger partial charge in [0.2, 0.25) is 10.0 Å². The van der Waals surface area contributed by atoms with Crippen molar-refractivity contribution in [3.05, 3.63) is 18.5 Å². The minimum absolute atomic E-state index is 0.113. The third-order valence-corrected chi connectivity index (χ3v) is 7.49. The highest BCUT2D eigenvalue weighted by Gasteiger charge is 2.41. The van der Waals surface area contributed by atoms with E-state index >= 15 is 0 Å². The number of aromatic nitrogens is 2. The second-order valence-corrected chi connectivity index (χ2v) is 8.69. The molecule has 0 unspecified atom stereocenters. The first-order chi connectivity index (χ1) is 10.1. The van der Waals surface area contributed by atoms with E-state index in [4.69, 9.17) is 0 Å². The van der Waals surface area contributed by atoms with Gasteiger partial charge >= 0.3 is 0 Å². The van der Waals surface area contributed by atoms with Crippen molar-refractivity contribution in [3.8, 4) is 0 Å². The van der Waals surface area contributed by atoms with E-state index in [1.807, 2.05) is 6.07 Å². The van der Waals surface area contributed by atoms with Crippen molar-refractivity contribution in [2.45, 2.75) is 18.1 Å². The third kappa shape index (κ3) is 2.41. The van der Waals surface area contributed by atoms with E-state index in [1.54, 1.807) is 28.0 Å². The van der Waals surface area contributed by atoms with Crippen LogP contribution < -0.4 is 4.90 Å². The highest BCUT2D eigenvalue weighted by Crippen LogP contribution is 2.33. The summed E-state index contributed by atoms with van der Waals surface area (Å²) >= 11 is 1.64. The molecule has 1 saturated carbocycles. The maximum absolute atomic E-state index is 12.2. The summed E-state index contributed by atoms with van der Waals surface area (Å²) in [6.45, 7) is 2.54. The van der Waals surface area contributed by atoms with Gasteiger partial charge in [0.15, 0.2) is 5.13 Å². The molecule has 2 aromatic rings. The Labute approximate surface area is 127 Å². The van der Waals surface area contributed by atoms with Gasteiger partial charge in [0, 0.05) is 32.4 Å². The van der Waals surface area contributed by atoms with Gasteiger partial charge < -0.3 is 4.90 Å². The number of pyridine rings is 1. The van der Waals surface area contributed by atoms with Crippen LogP contribution in [0.3, 0.4) is 0 Å². The van der Waals surface area contributed by atoms with Crippen molar-refractivity contribution >= 4 is 36.7 Å². The van der Waals surface area contributed by atoms with Crippen molar-refractivity contribution in [1.82, 2.24) is 14.3 Å². The van der Waals surface area contributed by atoms with Gasteiger partial charge in [-0.2, -0.15) is 4.31 Å². The van der Waals surface area contributed by atoms with Gasteiger partial charge in [-0.25, -0.2) is 13.4 Å². The first-order valence-corrected chi connectivity index (χ1v) is 9.41. The number of thiazole rings is 1. The normalized spacial score (nSPS) is 21.0. The van der Waals surface area contributed by atoms with Gasteiger partial charge in [0.1, 0.15) is 5.52 Å². The van der Waals surface area contributed by atoms with E-state index in [0.717, 1.165) is 28.2 Å². The van der Waals surface area contributed by atoms with E-state index in [9.17, 15) is 8.42 Å². The van der Waals surface area contributed by atoms with Crippen LogP contribution in [0.2, 0.25) is 0 Å². The number of hydrogen-bond donors (Lipinski definition) is 0. The van der Waals surface area contributed by atoms with Gasteiger partial charge in [-0.15, -0.1) is 0 Å². The molecule has 2 aliphatic rings. The first kappa shape index (κ1) is 13.4. The predicted molar refractivity (Wildman–Crippen MR) is 83.1 cm³/mol. The molecular weight excluding hydrogens is 308 g/mol. The molecule has 6 nitrogen and oxygen atoms in total. The van der Waals surface area contributed by atoms with Crippen LogP contribution >= 0.6 is 11.3 Å². The van der Waals surface area contributed by atoms with Gasteiger partial charge in [-0.3, -0.25) is 4.98 Å². The fourth-order valence-corrected chi connectivity index (χ4v) is 5.42. The topological polar surface area (TPSA) is 66.4 Å². The van der Waals surface area contributed by atoms with Crippen molar-refractivity contribution in [3.63, 3.8) is 0 Å². The summed E-state index contributed by atoms with van der Waals surface area (Å²) in [7, 11) is -3.04. The Morgan fingerprint density at radius 3 is 2.62 bits per heavy atom. The number of fused-ring (bicyclic) bond motifs is 1. The van der Waals surface area contributed by atoms with Gasteiger partial charge in [0.25, 0.3) is 0 Å². The smallest absolute Gasteiger partial charge is 0.217 e. The molecule has 0 radical (unpaired) electrons. The lowest BCUT2D eigenvalue weighted by Gasteiger charge is -2.33. The van der Waals surface area contributed by atoms with Crippen molar-refractivity contribution in [1.29, 1.82) is 0 Å². The summed E-state index contributed by atoms with van der Waals surface area (Å²) in [6.07, 6.45) is 5.19. The number of nitrogens with zero attached hydrogens (tertiary/aromatic N) is 4. The fraction of sp³-hybridized carbons (Fsp3) is 0.538. The highest BCUT2D eigenvalue weighted by atomic mass is 32.2. The molecule has 0 N–H and O–H groups in total. The zero-order valence-electron chi connectivity index (χ0n) is 11.5. The van der Waals surface area contributed by atoms with E-state index in [2.05, 4.69) is 14.9 Å². The average Bonchev–Trinajstić information content (AvgIpc) is 3.27. The molecule has 112 valence electrons. The van der Waals surface area contributed by atoms with Crippen LogP contribution in [0.25, 0.3) is 10.2 Å². The summed E-state index contributed by atoms with van der Waals surface area (Å²) < 4.78 is 27.2. The van der Waals surface area contributed by atoms with E-state index in [0.29, 0.717) is 26.2 Å². The predicted octanol–water partition coefficient (Wildman–Crippen LogP) is 1.31. The molecule has 0 aromatic carbocycles. The molecular formula is C13H16N4O2S2. The number of hydrogen-bond acceptors (Lipinski definition) is 6. The average molecular weight is 324 g/mol. The maximum Gasteiger partial charge on any atom is 0.217 e. The zero-order valence-corrected chi connectivity index (χ0v) is 13.1. The molecule has 0 atom stereocenters. The molecule has 3 heterocycles. The SMILES string of the molecule is O=S(=O)(C1CC1)N1CCN(c2nc3cnccc3s2)CC1. The Morgan fingerprint density at radius 2 is 1.95 bits per heavy atom. The third-order valence-electron chi connectivity index (χ3n) is 3.99. The Balaban J connectivity index is 1.49. The maximum atomic E-state index is 12.2. The van der Waals surface area contributed by atoms with Gasteiger partial charge in [-0.05, 0) is 18.9 Å². The van der Waals surface area contributed by atoms with Gasteiger partial charge in [0.05, 0.1) is 16.1 Å². The first-order valence-electron chi connectivity index (χ1n) is 7.09. The molecule has 4 rings (SSSR count). The molecule has 1 aliphatic carbocycles. The van der Waals surface area contributed by atoms with Crippen LogP contribution in [0, 0.1) is 0 Å². The van der Waals surface area contributed by atoms with Crippen molar-refractivity contribution < 1.29 is 8.42 Å². The lowest BCUT2D eigenvalue weighted by Crippen LogP contribution is -2.49. The highest BCUT2D eigenvalue weighted by molar-refractivity contribution is 7.90. The summed E-state index contributed by atoms with van der Waals surface area (Å²) in [4.78, 5) is 10.8. The molecule has 21 heavy (non-hydrogen) atoms. The molecule has 1 saturated heterocycles. The largest absolute Gasteiger partial charge is 0.345 e. The number of rotatable bonds is 3. The van der Waals surface area contributed by atoms with Crippen LogP contribution in [-0.2, 0) is 10.0 Å². The summed E-state index contributed by atoms with van der Waals surface area (Å²) in [6, 6.07) is 1.96. The fourth-order valence-electron chi connectivity index (χ4n) is 2.61. The molecule has 2 aromatic heterocycles. The zero-order chi connectivity index (χ0) is 14.4. The molecule has 0 amide bonds. The number of piperazine rings is 1. The molecule has 1 aliphatic heterocycles. The van der Waals surface area contributed by atoms with Crippen LogP contribution in [0.15, 0.2) is 18.5 Å². The van der Waals surface area contributed by atoms with Crippen molar-refractivity contribution in [2.75, 3.05) is 31.1 Å². The second-order valence-electron chi connectivity index (χ2n) is 5.47. The minimum Gasteiger partial charge on any atom is -0.345 e. The monoisotopic (exact) mass is 324 g/mol. The Kier molecular flexibility index (Phi) is 3.13. The van der Waals surface area contributed by atoms with Crippen LogP contribution in [0.5, 0.6) is 0 Å². The Hall–Kier alpha value is -1.25. The van der Waals surface area contributed by atoms with E-state index in [1.165, 1.54) is 0 Å². The quantitative estimate of drug-likeness (QED) is 0.851.